The van der Waals surface area contributed by atoms with Crippen LogP contribution in [0.5, 0.6) is 5.75 Å². The van der Waals surface area contributed by atoms with Crippen molar-refractivity contribution in [1.82, 2.24) is 0 Å². The van der Waals surface area contributed by atoms with Crippen LogP contribution in [-0.4, -0.2) is 17.1 Å². The predicted octanol–water partition coefficient (Wildman–Crippen LogP) is 3.25. The van der Waals surface area contributed by atoms with Gasteiger partial charge < -0.3 is 9.84 Å². The number of aliphatic hydroxyl groups is 1. The van der Waals surface area contributed by atoms with Crippen LogP contribution in [0.4, 0.5) is 5.69 Å². The smallest absolute Gasteiger partial charge is 0.286 e. The minimum absolute atomic E-state index is 0.0144. The lowest BCUT2D eigenvalue weighted by Gasteiger charge is -2.06. The number of nitro groups is 1. The van der Waals surface area contributed by atoms with Crippen molar-refractivity contribution in [2.24, 2.45) is 0 Å². The van der Waals surface area contributed by atoms with E-state index in [2.05, 4.69) is 0 Å². The Morgan fingerprint density at radius 2 is 1.95 bits per heavy atom. The molecule has 0 spiro atoms. The van der Waals surface area contributed by atoms with Gasteiger partial charge in [-0.25, -0.2) is 0 Å². The maximum absolute atomic E-state index is 11.1. The van der Waals surface area contributed by atoms with Crippen molar-refractivity contribution < 1.29 is 14.8 Å². The Hall–Kier alpha value is -2.05. The fourth-order valence-electron chi connectivity index (χ4n) is 1.64. The van der Waals surface area contributed by atoms with Crippen molar-refractivity contribution in [1.29, 1.82) is 0 Å². The van der Waals surface area contributed by atoms with E-state index in [1.54, 1.807) is 24.3 Å². The normalized spacial score (nSPS) is 10.3. The van der Waals surface area contributed by atoms with Gasteiger partial charge >= 0.3 is 0 Å². The number of nitro benzene ring substituents is 1. The summed E-state index contributed by atoms with van der Waals surface area (Å²) in [5.74, 6) is 0.455. The minimum Gasteiger partial charge on any atom is -0.497 e. The predicted molar refractivity (Wildman–Crippen MR) is 76.1 cm³/mol. The number of rotatable bonds is 5. The molecule has 0 aliphatic rings. The van der Waals surface area contributed by atoms with E-state index >= 15 is 0 Å². The van der Waals surface area contributed by atoms with E-state index in [1.165, 1.54) is 24.9 Å². The first-order valence-corrected chi connectivity index (χ1v) is 6.66. The molecule has 1 N–H and O–H groups in total. The Kier molecular flexibility index (Phi) is 4.60. The molecule has 0 unspecified atom stereocenters. The van der Waals surface area contributed by atoms with E-state index in [1.807, 2.05) is 12.1 Å². The van der Waals surface area contributed by atoms with Crippen LogP contribution in [0.25, 0.3) is 0 Å². The Bertz CT molecular complexity index is 613. The van der Waals surface area contributed by atoms with Crippen molar-refractivity contribution in [2.45, 2.75) is 16.4 Å². The third-order valence-corrected chi connectivity index (χ3v) is 3.77. The highest BCUT2D eigenvalue weighted by Crippen LogP contribution is 2.36. The van der Waals surface area contributed by atoms with Gasteiger partial charge in [-0.3, -0.25) is 10.1 Å². The second-order valence-electron chi connectivity index (χ2n) is 3.99. The fraction of sp³-hybridized carbons (Fsp3) is 0.143. The van der Waals surface area contributed by atoms with Gasteiger partial charge in [0, 0.05) is 4.90 Å². The summed E-state index contributed by atoms with van der Waals surface area (Å²) in [5, 5.41) is 20.1. The van der Waals surface area contributed by atoms with Crippen LogP contribution in [0.2, 0.25) is 0 Å². The van der Waals surface area contributed by atoms with E-state index < -0.39 is 4.92 Å². The van der Waals surface area contributed by atoms with Gasteiger partial charge in [0.25, 0.3) is 5.69 Å². The molecule has 0 bridgehead atoms. The van der Waals surface area contributed by atoms with E-state index in [0.29, 0.717) is 10.6 Å². The summed E-state index contributed by atoms with van der Waals surface area (Å²) in [6.07, 6.45) is 0. The largest absolute Gasteiger partial charge is 0.497 e. The molecule has 0 aliphatic carbocycles. The van der Waals surface area contributed by atoms with Crippen LogP contribution in [0, 0.1) is 10.1 Å². The average Bonchev–Trinajstić information content (AvgIpc) is 2.48. The monoisotopic (exact) mass is 291 g/mol. The molecule has 5 nitrogen and oxygen atoms in total. The molecule has 0 fully saturated rings. The average molecular weight is 291 g/mol. The lowest BCUT2D eigenvalue weighted by Crippen LogP contribution is -1.92. The number of hydrogen-bond acceptors (Lipinski definition) is 5. The molecule has 2 rings (SSSR count). The molecule has 0 amide bonds. The van der Waals surface area contributed by atoms with E-state index in [0.717, 1.165) is 10.5 Å². The van der Waals surface area contributed by atoms with Crippen molar-refractivity contribution in [3.8, 4) is 5.75 Å². The molecular formula is C14H13NO4S. The first-order chi connectivity index (χ1) is 9.63. The molecule has 0 saturated heterocycles. The Labute approximate surface area is 120 Å². The molecule has 0 aliphatic heterocycles. The van der Waals surface area contributed by atoms with Gasteiger partial charge in [0.15, 0.2) is 0 Å². The van der Waals surface area contributed by atoms with Gasteiger partial charge in [0.2, 0.25) is 0 Å². The highest BCUT2D eigenvalue weighted by molar-refractivity contribution is 7.99. The molecule has 0 saturated carbocycles. The summed E-state index contributed by atoms with van der Waals surface area (Å²) in [5.41, 5.74) is 0.819. The van der Waals surface area contributed by atoms with E-state index in [4.69, 9.17) is 9.84 Å². The lowest BCUT2D eigenvalue weighted by atomic mass is 10.2. The third-order valence-electron chi connectivity index (χ3n) is 2.70. The van der Waals surface area contributed by atoms with Gasteiger partial charge in [-0.05, 0) is 29.8 Å². The molecule has 104 valence electrons. The summed E-state index contributed by atoms with van der Waals surface area (Å²) >= 11 is 1.30. The van der Waals surface area contributed by atoms with Crippen LogP contribution in [0.15, 0.2) is 52.3 Å². The second kappa shape index (κ2) is 6.40. The first kappa shape index (κ1) is 14.4. The lowest BCUT2D eigenvalue weighted by molar-refractivity contribution is -0.387. The van der Waals surface area contributed by atoms with Crippen molar-refractivity contribution in [3.05, 3.63) is 58.1 Å². The number of aliphatic hydroxyl groups excluding tert-OH is 1. The molecule has 0 heterocycles. The van der Waals surface area contributed by atoms with Crippen molar-refractivity contribution >= 4 is 17.4 Å². The quantitative estimate of drug-likeness (QED) is 0.676. The maximum atomic E-state index is 11.1. The zero-order valence-corrected chi connectivity index (χ0v) is 11.6. The molecule has 2 aromatic carbocycles. The van der Waals surface area contributed by atoms with Gasteiger partial charge in [-0.2, -0.15) is 0 Å². The SMILES string of the molecule is COc1ccc(Sc2ccc(CO)cc2)c([N+](=O)[O-])c1. The Balaban J connectivity index is 2.29. The number of benzene rings is 2. The zero-order chi connectivity index (χ0) is 14.5. The summed E-state index contributed by atoms with van der Waals surface area (Å²) in [7, 11) is 1.47. The number of nitrogens with zero attached hydrogens (tertiary/aromatic N) is 1. The van der Waals surface area contributed by atoms with Crippen LogP contribution in [0.1, 0.15) is 5.56 Å². The summed E-state index contributed by atoms with van der Waals surface area (Å²) in [6, 6.07) is 12.0. The van der Waals surface area contributed by atoms with Crippen LogP contribution in [-0.2, 0) is 6.61 Å². The first-order valence-electron chi connectivity index (χ1n) is 5.84. The van der Waals surface area contributed by atoms with Crippen LogP contribution in [0.3, 0.4) is 0 Å². The molecule has 0 atom stereocenters. The zero-order valence-electron chi connectivity index (χ0n) is 10.8. The third kappa shape index (κ3) is 3.28. The van der Waals surface area contributed by atoms with Gasteiger partial charge in [0.1, 0.15) is 5.75 Å². The second-order valence-corrected chi connectivity index (χ2v) is 5.11. The van der Waals surface area contributed by atoms with Crippen LogP contribution < -0.4 is 4.74 Å². The Morgan fingerprint density at radius 1 is 1.25 bits per heavy atom. The fourth-order valence-corrected chi connectivity index (χ4v) is 2.54. The molecule has 0 aromatic heterocycles. The Morgan fingerprint density at radius 3 is 2.50 bits per heavy atom. The highest BCUT2D eigenvalue weighted by atomic mass is 32.2. The van der Waals surface area contributed by atoms with E-state index in [-0.39, 0.29) is 12.3 Å². The van der Waals surface area contributed by atoms with Crippen molar-refractivity contribution in [3.63, 3.8) is 0 Å². The topological polar surface area (TPSA) is 72.6 Å². The van der Waals surface area contributed by atoms with Gasteiger partial charge in [-0.1, -0.05) is 23.9 Å². The highest BCUT2D eigenvalue weighted by Gasteiger charge is 2.16. The number of methoxy groups -OCH3 is 1. The van der Waals surface area contributed by atoms with E-state index in [9.17, 15) is 10.1 Å². The molecular weight excluding hydrogens is 278 g/mol. The minimum atomic E-state index is -0.424. The van der Waals surface area contributed by atoms with Crippen molar-refractivity contribution in [2.75, 3.05) is 7.11 Å². The van der Waals surface area contributed by atoms with Gasteiger partial charge in [0.05, 0.1) is 29.6 Å². The number of hydrogen-bond donors (Lipinski definition) is 1. The van der Waals surface area contributed by atoms with Gasteiger partial charge in [-0.15, -0.1) is 0 Å². The summed E-state index contributed by atoms with van der Waals surface area (Å²) in [4.78, 5) is 12.1. The summed E-state index contributed by atoms with van der Waals surface area (Å²) < 4.78 is 5.00. The molecule has 2 aromatic rings. The molecule has 20 heavy (non-hydrogen) atoms. The maximum Gasteiger partial charge on any atom is 0.286 e. The van der Waals surface area contributed by atoms with Crippen LogP contribution >= 0.6 is 11.8 Å². The molecule has 0 radical (unpaired) electrons. The summed E-state index contributed by atoms with van der Waals surface area (Å²) in [6.45, 7) is -0.0202. The molecule has 6 heteroatoms. The number of ether oxygens (including phenoxy) is 1. The standard InChI is InChI=1S/C14H13NO4S/c1-19-11-4-7-14(13(8-11)15(17)18)20-12-5-2-10(9-16)3-6-12/h2-8,16H,9H2,1H3.